The van der Waals surface area contributed by atoms with Crippen LogP contribution in [0.5, 0.6) is 0 Å². The van der Waals surface area contributed by atoms with E-state index >= 15 is 0 Å². The number of benzene rings is 1. The monoisotopic (exact) mass is 385 g/mol. The Balaban J connectivity index is 2.19. The predicted octanol–water partition coefficient (Wildman–Crippen LogP) is 4.26. The fraction of sp³-hybridized carbons (Fsp3) is 0.579. The lowest BCUT2D eigenvalue weighted by molar-refractivity contribution is -0.141. The number of halogens is 2. The first-order valence-electron chi connectivity index (χ1n) is 8.56. The third-order valence-corrected chi connectivity index (χ3v) is 5.70. The molecule has 1 aromatic carbocycles. The summed E-state index contributed by atoms with van der Waals surface area (Å²) in [6, 6.07) is 5.45. The summed E-state index contributed by atoms with van der Waals surface area (Å²) in [5.41, 5.74) is 0.844. The maximum atomic E-state index is 13.0. The minimum absolute atomic E-state index is 0.169. The third kappa shape index (κ3) is 4.55. The van der Waals surface area contributed by atoms with Crippen molar-refractivity contribution in [3.05, 3.63) is 33.8 Å². The lowest BCUT2D eigenvalue weighted by Crippen LogP contribution is -2.56. The Morgan fingerprint density at radius 1 is 1.24 bits per heavy atom. The second-order valence-electron chi connectivity index (χ2n) is 6.91. The van der Waals surface area contributed by atoms with E-state index in [1.165, 1.54) is 6.92 Å². The lowest BCUT2D eigenvalue weighted by atomic mass is 9.58. The van der Waals surface area contributed by atoms with Gasteiger partial charge >= 0.3 is 5.97 Å². The number of carbonyl (C=O) groups excluding carboxylic acids is 2. The summed E-state index contributed by atoms with van der Waals surface area (Å²) in [6.45, 7) is 1.65. The van der Waals surface area contributed by atoms with Crippen molar-refractivity contribution in [2.45, 2.75) is 50.5 Å². The van der Waals surface area contributed by atoms with Gasteiger partial charge in [-0.1, -0.05) is 35.7 Å². The topological polar surface area (TPSA) is 46.6 Å². The molecule has 0 N–H and O–H groups in total. The average Bonchev–Trinajstić information content (AvgIpc) is 2.49. The molecule has 0 aliphatic heterocycles. The van der Waals surface area contributed by atoms with E-state index in [1.54, 1.807) is 6.07 Å². The molecule has 4 nitrogen and oxygen atoms in total. The zero-order valence-corrected chi connectivity index (χ0v) is 16.5. The van der Waals surface area contributed by atoms with Crippen LogP contribution in [0.3, 0.4) is 0 Å². The number of carbonyl (C=O) groups is 2. The predicted molar refractivity (Wildman–Crippen MR) is 100 cm³/mol. The van der Waals surface area contributed by atoms with Crippen molar-refractivity contribution in [1.82, 2.24) is 4.90 Å². The van der Waals surface area contributed by atoms with Crippen molar-refractivity contribution in [2.24, 2.45) is 0 Å². The first-order valence-corrected chi connectivity index (χ1v) is 9.31. The second-order valence-corrected chi connectivity index (χ2v) is 7.73. The number of ether oxygens (including phenoxy) is 1. The highest BCUT2D eigenvalue weighted by molar-refractivity contribution is 6.42. The van der Waals surface area contributed by atoms with Gasteiger partial charge in [0.2, 0.25) is 0 Å². The summed E-state index contributed by atoms with van der Waals surface area (Å²) < 4.78 is 4.94. The maximum absolute atomic E-state index is 13.0. The van der Waals surface area contributed by atoms with Gasteiger partial charge in [-0.3, -0.25) is 14.5 Å². The Labute approximate surface area is 159 Å². The molecule has 0 spiro atoms. The van der Waals surface area contributed by atoms with Gasteiger partial charge in [0.05, 0.1) is 22.7 Å². The fourth-order valence-electron chi connectivity index (χ4n) is 3.77. The molecule has 1 aliphatic rings. The summed E-state index contributed by atoms with van der Waals surface area (Å²) in [5, 5.41) is 1.04. The number of hydrogen-bond donors (Lipinski definition) is 0. The SMILES string of the molecule is CC(=O)OCCCC(=O)C(N(C)C)C1(c2ccc(Cl)c(Cl)c2)CCC1. The van der Waals surface area contributed by atoms with Crippen LogP contribution in [0.2, 0.25) is 10.0 Å². The van der Waals surface area contributed by atoms with E-state index in [4.69, 9.17) is 27.9 Å². The van der Waals surface area contributed by atoms with E-state index in [0.29, 0.717) is 22.9 Å². The van der Waals surface area contributed by atoms with E-state index in [-0.39, 0.29) is 29.8 Å². The van der Waals surface area contributed by atoms with E-state index in [0.717, 1.165) is 24.8 Å². The Bertz CT molecular complexity index is 642. The number of likely N-dealkylation sites (N-methyl/N-ethyl adjacent to an activating group) is 1. The first-order chi connectivity index (χ1) is 11.8. The average molecular weight is 386 g/mol. The second kappa shape index (κ2) is 8.52. The van der Waals surface area contributed by atoms with Crippen molar-refractivity contribution in [1.29, 1.82) is 0 Å². The van der Waals surface area contributed by atoms with Crippen molar-refractivity contribution < 1.29 is 14.3 Å². The zero-order valence-electron chi connectivity index (χ0n) is 15.0. The smallest absolute Gasteiger partial charge is 0.302 e. The van der Waals surface area contributed by atoms with Gasteiger partial charge in [0.15, 0.2) is 5.78 Å². The van der Waals surface area contributed by atoms with Crippen LogP contribution in [0.15, 0.2) is 18.2 Å². The highest BCUT2D eigenvalue weighted by Crippen LogP contribution is 2.49. The van der Waals surface area contributed by atoms with Crippen LogP contribution in [0, 0.1) is 0 Å². The first kappa shape index (κ1) is 20.2. The van der Waals surface area contributed by atoms with Gasteiger partial charge in [-0.15, -0.1) is 0 Å². The van der Waals surface area contributed by atoms with Gasteiger partial charge in [0.25, 0.3) is 0 Å². The Morgan fingerprint density at radius 2 is 1.92 bits per heavy atom. The van der Waals surface area contributed by atoms with Crippen LogP contribution in [-0.2, 0) is 19.7 Å². The van der Waals surface area contributed by atoms with E-state index in [1.807, 2.05) is 31.1 Å². The minimum Gasteiger partial charge on any atom is -0.466 e. The number of ketones is 1. The summed E-state index contributed by atoms with van der Waals surface area (Å²) in [6.07, 6.45) is 3.91. The van der Waals surface area contributed by atoms with Crippen LogP contribution in [0.1, 0.15) is 44.6 Å². The number of rotatable bonds is 8. The van der Waals surface area contributed by atoms with E-state index < -0.39 is 0 Å². The van der Waals surface area contributed by atoms with Crippen molar-refractivity contribution >= 4 is 35.0 Å². The third-order valence-electron chi connectivity index (χ3n) is 4.96. The normalized spacial score (nSPS) is 17.0. The lowest BCUT2D eigenvalue weighted by Gasteiger charge is -2.50. The Kier molecular flexibility index (Phi) is 6.89. The molecule has 1 aliphatic carbocycles. The molecule has 1 atom stereocenters. The molecule has 0 heterocycles. The number of esters is 1. The van der Waals surface area contributed by atoms with Crippen molar-refractivity contribution in [3.63, 3.8) is 0 Å². The van der Waals surface area contributed by atoms with Gasteiger partial charge in [0, 0.05) is 18.8 Å². The van der Waals surface area contributed by atoms with Gasteiger partial charge in [-0.2, -0.15) is 0 Å². The van der Waals surface area contributed by atoms with Crippen molar-refractivity contribution in [3.8, 4) is 0 Å². The molecule has 138 valence electrons. The van der Waals surface area contributed by atoms with Crippen LogP contribution in [-0.4, -0.2) is 43.4 Å². The summed E-state index contributed by atoms with van der Waals surface area (Å²) >= 11 is 12.3. The number of nitrogens with zero attached hydrogens (tertiary/aromatic N) is 1. The molecule has 0 saturated heterocycles. The Hall–Kier alpha value is -1.10. The molecule has 2 rings (SSSR count). The van der Waals surface area contributed by atoms with Crippen molar-refractivity contribution in [2.75, 3.05) is 20.7 Å². The van der Waals surface area contributed by atoms with Gasteiger partial charge in [-0.05, 0) is 51.1 Å². The molecule has 1 unspecified atom stereocenters. The van der Waals surface area contributed by atoms with Crippen LogP contribution in [0.25, 0.3) is 0 Å². The molecule has 0 bridgehead atoms. The number of hydrogen-bond acceptors (Lipinski definition) is 4. The zero-order chi connectivity index (χ0) is 18.6. The minimum atomic E-state index is -0.317. The molecule has 1 fully saturated rings. The molecule has 1 aromatic rings. The fourth-order valence-corrected chi connectivity index (χ4v) is 4.07. The van der Waals surface area contributed by atoms with Gasteiger partial charge in [0.1, 0.15) is 0 Å². The molecule has 0 aromatic heterocycles. The highest BCUT2D eigenvalue weighted by atomic mass is 35.5. The highest BCUT2D eigenvalue weighted by Gasteiger charge is 2.49. The molecule has 25 heavy (non-hydrogen) atoms. The maximum Gasteiger partial charge on any atom is 0.302 e. The van der Waals surface area contributed by atoms with Crippen LogP contribution in [0.4, 0.5) is 0 Å². The van der Waals surface area contributed by atoms with Crippen LogP contribution >= 0.6 is 23.2 Å². The molecule has 1 saturated carbocycles. The quantitative estimate of drug-likeness (QED) is 0.495. The molecule has 0 amide bonds. The van der Waals surface area contributed by atoms with Crippen LogP contribution < -0.4 is 0 Å². The number of Topliss-reactive ketones (excluding diaryl/α,β-unsaturated/α-hetero) is 1. The van der Waals surface area contributed by atoms with E-state index in [2.05, 4.69) is 0 Å². The largest absolute Gasteiger partial charge is 0.466 e. The summed E-state index contributed by atoms with van der Waals surface area (Å²) in [5.74, 6) is -0.147. The summed E-state index contributed by atoms with van der Waals surface area (Å²) in [7, 11) is 3.87. The van der Waals surface area contributed by atoms with Gasteiger partial charge in [-0.25, -0.2) is 0 Å². The molecular weight excluding hydrogens is 361 g/mol. The molecule has 0 radical (unpaired) electrons. The standard InChI is InChI=1S/C19H25Cl2NO3/c1-13(23)25-11-4-6-17(24)18(22(2)3)19(9-5-10-19)14-7-8-15(20)16(21)12-14/h7-8,12,18H,4-6,9-11H2,1-3H3. The summed E-state index contributed by atoms with van der Waals surface area (Å²) in [4.78, 5) is 25.8. The molecule has 6 heteroatoms. The van der Waals surface area contributed by atoms with E-state index in [9.17, 15) is 9.59 Å². The molecular formula is C19H25Cl2NO3. The Morgan fingerprint density at radius 3 is 2.40 bits per heavy atom. The van der Waals surface area contributed by atoms with Gasteiger partial charge < -0.3 is 4.74 Å².